The summed E-state index contributed by atoms with van der Waals surface area (Å²) in [5.41, 5.74) is 8.11. The largest absolute Gasteiger partial charge is 0.444 e. The van der Waals surface area contributed by atoms with Gasteiger partial charge in [-0.05, 0) is 57.4 Å². The smallest absolute Gasteiger partial charge is 0.410 e. The van der Waals surface area contributed by atoms with Crippen LogP contribution in [0, 0.1) is 0 Å². The van der Waals surface area contributed by atoms with Gasteiger partial charge in [-0.25, -0.2) is 9.48 Å². The first-order valence-electron chi connectivity index (χ1n) is 8.72. The lowest BCUT2D eigenvalue weighted by molar-refractivity contribution is 0.0221. The van der Waals surface area contributed by atoms with E-state index in [1.807, 2.05) is 62.0 Å². The summed E-state index contributed by atoms with van der Waals surface area (Å²) in [5.74, 6) is 0. The van der Waals surface area contributed by atoms with Crippen molar-refractivity contribution in [2.75, 3.05) is 6.54 Å². The van der Waals surface area contributed by atoms with Crippen LogP contribution in [0.2, 0.25) is 0 Å². The summed E-state index contributed by atoms with van der Waals surface area (Å²) in [5, 5.41) is 4.68. The molecule has 0 radical (unpaired) electrons. The molecular formula is C19H26N4O2. The summed E-state index contributed by atoms with van der Waals surface area (Å²) in [6, 6.07) is 9.95. The molecule has 25 heavy (non-hydrogen) atoms. The molecule has 1 aliphatic heterocycles. The van der Waals surface area contributed by atoms with Gasteiger partial charge in [0.1, 0.15) is 5.60 Å². The zero-order chi connectivity index (χ0) is 18.0. The van der Waals surface area contributed by atoms with Crippen molar-refractivity contribution in [1.82, 2.24) is 14.7 Å². The van der Waals surface area contributed by atoms with Gasteiger partial charge in [-0.1, -0.05) is 12.1 Å². The fraction of sp³-hybridized carbons (Fsp3) is 0.474. The van der Waals surface area contributed by atoms with Gasteiger partial charge in [0.25, 0.3) is 0 Å². The number of likely N-dealkylation sites (tertiary alicyclic amines) is 1. The minimum absolute atomic E-state index is 0.0283. The van der Waals surface area contributed by atoms with Crippen LogP contribution in [0.15, 0.2) is 36.5 Å². The molecule has 0 spiro atoms. The molecule has 1 aliphatic rings. The van der Waals surface area contributed by atoms with Crippen molar-refractivity contribution in [1.29, 1.82) is 0 Å². The minimum atomic E-state index is -0.492. The fourth-order valence-corrected chi connectivity index (χ4v) is 3.06. The number of benzene rings is 1. The number of carbonyl (C=O) groups excluding carboxylic acids is 1. The Morgan fingerprint density at radius 2 is 2.00 bits per heavy atom. The van der Waals surface area contributed by atoms with Crippen molar-refractivity contribution in [2.45, 2.75) is 51.8 Å². The van der Waals surface area contributed by atoms with Crippen LogP contribution in [-0.2, 0) is 11.3 Å². The summed E-state index contributed by atoms with van der Waals surface area (Å²) in [7, 11) is 0. The lowest BCUT2D eigenvalue weighted by Crippen LogP contribution is -2.36. The second-order valence-electron chi connectivity index (χ2n) is 7.39. The number of hydrogen-bond donors (Lipinski definition) is 1. The Balaban J connectivity index is 1.77. The normalized spacial score (nSPS) is 17.8. The van der Waals surface area contributed by atoms with Gasteiger partial charge in [0.2, 0.25) is 0 Å². The van der Waals surface area contributed by atoms with Crippen LogP contribution in [0.25, 0.3) is 5.69 Å². The van der Waals surface area contributed by atoms with Crippen LogP contribution in [0.5, 0.6) is 0 Å². The molecule has 6 heteroatoms. The molecule has 2 heterocycles. The molecule has 1 amide bonds. The number of carbonyl (C=O) groups is 1. The van der Waals surface area contributed by atoms with E-state index in [4.69, 9.17) is 10.5 Å². The summed E-state index contributed by atoms with van der Waals surface area (Å²) >= 11 is 0. The van der Waals surface area contributed by atoms with Crippen LogP contribution >= 0.6 is 0 Å². The molecule has 2 aromatic rings. The molecule has 1 aromatic carbocycles. The number of nitrogens with two attached hydrogens (primary N) is 1. The third-order valence-electron chi connectivity index (χ3n) is 4.27. The Hall–Kier alpha value is -2.34. The predicted molar refractivity (Wildman–Crippen MR) is 96.4 cm³/mol. The third kappa shape index (κ3) is 4.02. The van der Waals surface area contributed by atoms with E-state index in [0.717, 1.165) is 29.8 Å². The van der Waals surface area contributed by atoms with E-state index in [9.17, 15) is 4.79 Å². The summed E-state index contributed by atoms with van der Waals surface area (Å²) in [6.45, 7) is 6.89. The molecule has 1 saturated heterocycles. The molecule has 0 aliphatic carbocycles. The van der Waals surface area contributed by atoms with E-state index in [-0.39, 0.29) is 12.1 Å². The SMILES string of the molecule is CC(C)(C)OC(=O)N1CCCC1c1ccn(-c2ccc(CN)cc2)n1. The minimum Gasteiger partial charge on any atom is -0.444 e. The van der Waals surface area contributed by atoms with E-state index < -0.39 is 5.60 Å². The highest BCUT2D eigenvalue weighted by Crippen LogP contribution is 2.32. The van der Waals surface area contributed by atoms with Gasteiger partial charge in [-0.2, -0.15) is 5.10 Å². The van der Waals surface area contributed by atoms with Crippen LogP contribution < -0.4 is 5.73 Å². The molecule has 134 valence electrons. The molecule has 3 rings (SSSR count). The Morgan fingerprint density at radius 1 is 1.28 bits per heavy atom. The van der Waals surface area contributed by atoms with Gasteiger partial charge in [0, 0.05) is 19.3 Å². The second kappa shape index (κ2) is 6.88. The van der Waals surface area contributed by atoms with E-state index in [1.165, 1.54) is 0 Å². The van der Waals surface area contributed by atoms with Crippen molar-refractivity contribution in [2.24, 2.45) is 5.73 Å². The maximum atomic E-state index is 12.4. The Morgan fingerprint density at radius 3 is 2.64 bits per heavy atom. The van der Waals surface area contributed by atoms with Crippen molar-refractivity contribution in [3.63, 3.8) is 0 Å². The maximum absolute atomic E-state index is 12.4. The lowest BCUT2D eigenvalue weighted by Gasteiger charge is -2.27. The van der Waals surface area contributed by atoms with Gasteiger partial charge in [0.05, 0.1) is 17.4 Å². The second-order valence-corrected chi connectivity index (χ2v) is 7.39. The topological polar surface area (TPSA) is 73.4 Å². The van der Waals surface area contributed by atoms with E-state index in [0.29, 0.717) is 13.1 Å². The number of amides is 1. The number of hydrogen-bond acceptors (Lipinski definition) is 4. The van der Waals surface area contributed by atoms with Gasteiger partial charge in [0.15, 0.2) is 0 Å². The predicted octanol–water partition coefficient (Wildman–Crippen LogP) is 3.40. The highest BCUT2D eigenvalue weighted by atomic mass is 16.6. The number of rotatable bonds is 3. The quantitative estimate of drug-likeness (QED) is 0.928. The zero-order valence-electron chi connectivity index (χ0n) is 15.1. The number of aromatic nitrogens is 2. The summed E-state index contributed by atoms with van der Waals surface area (Å²) in [4.78, 5) is 14.2. The maximum Gasteiger partial charge on any atom is 0.410 e. The van der Waals surface area contributed by atoms with Crippen molar-refractivity contribution < 1.29 is 9.53 Å². The average Bonchev–Trinajstić information content (AvgIpc) is 3.22. The van der Waals surface area contributed by atoms with Crippen molar-refractivity contribution >= 4 is 6.09 Å². The van der Waals surface area contributed by atoms with Crippen LogP contribution in [-0.4, -0.2) is 32.9 Å². The fourth-order valence-electron chi connectivity index (χ4n) is 3.06. The first kappa shape index (κ1) is 17.5. The molecule has 1 fully saturated rings. The third-order valence-corrected chi connectivity index (χ3v) is 4.27. The van der Waals surface area contributed by atoms with Crippen molar-refractivity contribution in [3.8, 4) is 5.69 Å². The molecule has 1 atom stereocenters. The lowest BCUT2D eigenvalue weighted by atomic mass is 10.1. The molecule has 1 unspecified atom stereocenters. The Kier molecular flexibility index (Phi) is 4.81. The van der Waals surface area contributed by atoms with Gasteiger partial charge in [-0.15, -0.1) is 0 Å². The molecule has 2 N–H and O–H groups in total. The van der Waals surface area contributed by atoms with Crippen molar-refractivity contribution in [3.05, 3.63) is 47.8 Å². The van der Waals surface area contributed by atoms with Crippen LogP contribution in [0.3, 0.4) is 0 Å². The Bertz CT molecular complexity index is 731. The molecular weight excluding hydrogens is 316 g/mol. The van der Waals surface area contributed by atoms with E-state index in [2.05, 4.69) is 5.10 Å². The average molecular weight is 342 g/mol. The highest BCUT2D eigenvalue weighted by Gasteiger charge is 2.34. The molecule has 1 aromatic heterocycles. The first-order chi connectivity index (χ1) is 11.9. The first-order valence-corrected chi connectivity index (χ1v) is 8.72. The summed E-state index contributed by atoms with van der Waals surface area (Å²) < 4.78 is 7.37. The van der Waals surface area contributed by atoms with Gasteiger partial charge >= 0.3 is 6.09 Å². The van der Waals surface area contributed by atoms with E-state index in [1.54, 1.807) is 4.90 Å². The standard InChI is InChI=1S/C19H26N4O2/c1-19(2,3)25-18(24)22-11-4-5-17(22)16-10-12-23(21-16)15-8-6-14(13-20)7-9-15/h6-10,12,17H,4-5,11,13,20H2,1-3H3. The zero-order valence-corrected chi connectivity index (χ0v) is 15.1. The number of ether oxygens (including phenoxy) is 1. The van der Waals surface area contributed by atoms with E-state index >= 15 is 0 Å². The van der Waals surface area contributed by atoms with Crippen LogP contribution in [0.1, 0.15) is 50.9 Å². The monoisotopic (exact) mass is 342 g/mol. The number of nitrogens with zero attached hydrogens (tertiary/aromatic N) is 3. The Labute approximate surface area is 148 Å². The molecule has 0 saturated carbocycles. The molecule has 0 bridgehead atoms. The van der Waals surface area contributed by atoms with Crippen LogP contribution in [0.4, 0.5) is 4.79 Å². The van der Waals surface area contributed by atoms with Gasteiger partial charge < -0.3 is 10.5 Å². The van der Waals surface area contributed by atoms with Gasteiger partial charge in [-0.3, -0.25) is 4.90 Å². The molecule has 6 nitrogen and oxygen atoms in total. The summed E-state index contributed by atoms with van der Waals surface area (Å²) in [6.07, 6.45) is 3.53. The highest BCUT2D eigenvalue weighted by molar-refractivity contribution is 5.69.